The average Bonchev–Trinajstić information content (AvgIpc) is 3.13. The van der Waals surface area contributed by atoms with Crippen LogP contribution in [0.4, 0.5) is 5.82 Å². The van der Waals surface area contributed by atoms with Gasteiger partial charge in [-0.25, -0.2) is 9.97 Å². The fourth-order valence-electron chi connectivity index (χ4n) is 4.26. The minimum Gasteiger partial charge on any atom is -0.378 e. The highest BCUT2D eigenvalue weighted by Gasteiger charge is 2.33. The molecular weight excluding hydrogens is 432 g/mol. The Morgan fingerprint density at radius 2 is 2.03 bits per heavy atom. The summed E-state index contributed by atoms with van der Waals surface area (Å²) < 4.78 is 12.4. The Labute approximate surface area is 189 Å². The first-order chi connectivity index (χ1) is 15.0. The van der Waals surface area contributed by atoms with E-state index in [4.69, 9.17) is 19.4 Å². The third-order valence-corrected chi connectivity index (χ3v) is 7.94. The Morgan fingerprint density at radius 1 is 1.23 bits per heavy atom. The lowest BCUT2D eigenvalue weighted by Gasteiger charge is -2.36. The molecule has 2 aliphatic heterocycles. The second-order valence-electron chi connectivity index (χ2n) is 8.75. The molecule has 0 aliphatic carbocycles. The van der Waals surface area contributed by atoms with Crippen LogP contribution in [0.2, 0.25) is 0 Å². The maximum Gasteiger partial charge on any atom is 0.269 e. The Balaban J connectivity index is 1.72. The first kappa shape index (κ1) is 21.2. The van der Waals surface area contributed by atoms with Gasteiger partial charge in [0.15, 0.2) is 5.16 Å². The summed E-state index contributed by atoms with van der Waals surface area (Å²) in [4.78, 5) is 29.0. The van der Waals surface area contributed by atoms with Gasteiger partial charge in [-0.15, -0.1) is 11.3 Å². The van der Waals surface area contributed by atoms with E-state index in [0.29, 0.717) is 29.7 Å². The molecule has 3 aromatic heterocycles. The zero-order valence-electron chi connectivity index (χ0n) is 18.2. The van der Waals surface area contributed by atoms with Crippen LogP contribution in [0.25, 0.3) is 20.4 Å². The van der Waals surface area contributed by atoms with Crippen molar-refractivity contribution in [2.75, 3.05) is 37.0 Å². The highest BCUT2D eigenvalue weighted by Crippen LogP contribution is 2.42. The van der Waals surface area contributed by atoms with Gasteiger partial charge in [-0.05, 0) is 25.8 Å². The first-order valence-electron chi connectivity index (χ1n) is 10.9. The van der Waals surface area contributed by atoms with Gasteiger partial charge in [0.05, 0.1) is 30.9 Å². The van der Waals surface area contributed by atoms with Crippen molar-refractivity contribution in [2.24, 2.45) is 0 Å². The number of aromatic nitrogens is 3. The molecule has 5 rings (SSSR count). The van der Waals surface area contributed by atoms with Crippen molar-refractivity contribution in [3.05, 3.63) is 21.5 Å². The normalized spacial score (nSPS) is 18.6. The molecule has 31 heavy (non-hydrogen) atoms. The summed E-state index contributed by atoms with van der Waals surface area (Å²) in [6, 6.07) is 0. The highest BCUT2D eigenvalue weighted by molar-refractivity contribution is 7.99. The van der Waals surface area contributed by atoms with Crippen molar-refractivity contribution in [3.63, 3.8) is 0 Å². The molecule has 3 aromatic rings. The van der Waals surface area contributed by atoms with E-state index in [2.05, 4.69) is 30.7 Å². The van der Waals surface area contributed by atoms with Crippen LogP contribution in [0.5, 0.6) is 0 Å². The van der Waals surface area contributed by atoms with Gasteiger partial charge in [-0.1, -0.05) is 25.1 Å². The number of hydrogen-bond donors (Lipinski definition) is 1. The largest absolute Gasteiger partial charge is 0.378 e. The number of ether oxygens (including phenoxy) is 2. The van der Waals surface area contributed by atoms with Crippen LogP contribution in [0, 0.1) is 0 Å². The average molecular weight is 461 g/mol. The molecule has 1 N–H and O–H groups in total. The van der Waals surface area contributed by atoms with Crippen molar-refractivity contribution in [1.29, 1.82) is 0 Å². The lowest BCUT2D eigenvalue weighted by molar-refractivity contribution is -0.0396. The number of nitrogens with one attached hydrogen (secondary N) is 1. The maximum absolute atomic E-state index is 12.9. The molecule has 0 spiro atoms. The molecule has 2 aliphatic rings. The summed E-state index contributed by atoms with van der Waals surface area (Å²) in [6.07, 6.45) is 3.00. The third kappa shape index (κ3) is 3.97. The van der Waals surface area contributed by atoms with Gasteiger partial charge >= 0.3 is 0 Å². The lowest BCUT2D eigenvalue weighted by Crippen LogP contribution is -2.39. The van der Waals surface area contributed by atoms with E-state index >= 15 is 0 Å². The van der Waals surface area contributed by atoms with Crippen molar-refractivity contribution in [2.45, 2.75) is 57.4 Å². The number of thioether (sulfide) groups is 1. The Hall–Kier alpha value is -1.68. The summed E-state index contributed by atoms with van der Waals surface area (Å²) in [5, 5.41) is 1.73. The van der Waals surface area contributed by atoms with Crippen molar-refractivity contribution < 1.29 is 9.47 Å². The van der Waals surface area contributed by atoms with Crippen LogP contribution < -0.4 is 10.5 Å². The number of nitrogens with zero attached hydrogens (tertiary/aromatic N) is 3. The van der Waals surface area contributed by atoms with Crippen LogP contribution in [0.15, 0.2) is 9.95 Å². The standard InChI is InChI=1S/C22H28N4O3S2/c1-4-5-10-30-21-23-16-15-13-11-22(2,3)29-12-14(13)18(26-6-8-28-9-7-26)24-20(15)31-17(16)19(27)25-21/h4-12H2,1-3H3,(H,23,25,27). The number of rotatable bonds is 5. The molecule has 5 heterocycles. The van der Waals surface area contributed by atoms with Crippen molar-refractivity contribution in [1.82, 2.24) is 15.0 Å². The summed E-state index contributed by atoms with van der Waals surface area (Å²) in [7, 11) is 0. The van der Waals surface area contributed by atoms with Gasteiger partial charge < -0.3 is 19.4 Å². The third-order valence-electron chi connectivity index (χ3n) is 5.90. The topological polar surface area (TPSA) is 80.3 Å². The zero-order valence-corrected chi connectivity index (χ0v) is 19.9. The molecule has 0 radical (unpaired) electrons. The number of morpholine rings is 1. The summed E-state index contributed by atoms with van der Waals surface area (Å²) in [5.41, 5.74) is 2.82. The molecule has 1 fully saturated rings. The number of aromatic amines is 1. The summed E-state index contributed by atoms with van der Waals surface area (Å²) in [5.74, 6) is 1.92. The molecule has 166 valence electrons. The van der Waals surface area contributed by atoms with E-state index in [9.17, 15) is 4.79 Å². The summed E-state index contributed by atoms with van der Waals surface area (Å²) >= 11 is 3.07. The molecule has 0 amide bonds. The van der Waals surface area contributed by atoms with Crippen molar-refractivity contribution >= 4 is 49.3 Å². The number of unbranched alkanes of at least 4 members (excludes halogenated alkanes) is 1. The van der Waals surface area contributed by atoms with Gasteiger partial charge in [-0.3, -0.25) is 4.79 Å². The fraction of sp³-hybridized carbons (Fsp3) is 0.591. The van der Waals surface area contributed by atoms with Gasteiger partial charge in [0.25, 0.3) is 5.56 Å². The molecule has 0 saturated carbocycles. The number of hydrogen-bond acceptors (Lipinski definition) is 8. The smallest absolute Gasteiger partial charge is 0.269 e. The minimum absolute atomic E-state index is 0.0695. The van der Waals surface area contributed by atoms with Crippen LogP contribution >= 0.6 is 23.1 Å². The van der Waals surface area contributed by atoms with Gasteiger partial charge in [0.1, 0.15) is 15.3 Å². The van der Waals surface area contributed by atoms with Crippen molar-refractivity contribution in [3.8, 4) is 0 Å². The minimum atomic E-state index is -0.266. The molecule has 9 heteroatoms. The lowest BCUT2D eigenvalue weighted by atomic mass is 9.90. The van der Waals surface area contributed by atoms with Crippen LogP contribution in [-0.2, 0) is 22.5 Å². The molecule has 1 saturated heterocycles. The van der Waals surface area contributed by atoms with Gasteiger partial charge in [0.2, 0.25) is 0 Å². The Morgan fingerprint density at radius 3 is 2.81 bits per heavy atom. The molecular formula is C22H28N4O3S2. The van der Waals surface area contributed by atoms with E-state index in [1.54, 1.807) is 11.8 Å². The predicted octanol–water partition coefficient (Wildman–Crippen LogP) is 4.11. The first-order valence-corrected chi connectivity index (χ1v) is 12.7. The molecule has 0 atom stereocenters. The molecule has 7 nitrogen and oxygen atoms in total. The molecule has 0 aromatic carbocycles. The summed E-state index contributed by atoms with van der Waals surface area (Å²) in [6.45, 7) is 9.97. The highest BCUT2D eigenvalue weighted by atomic mass is 32.2. The fourth-order valence-corrected chi connectivity index (χ4v) is 6.25. The number of anilines is 1. The maximum atomic E-state index is 12.9. The van der Waals surface area contributed by atoms with Crippen LogP contribution in [-0.4, -0.2) is 52.6 Å². The van der Waals surface area contributed by atoms with E-state index in [-0.39, 0.29) is 11.2 Å². The zero-order chi connectivity index (χ0) is 21.6. The number of thiophene rings is 1. The second-order valence-corrected chi connectivity index (χ2v) is 10.8. The van der Waals surface area contributed by atoms with E-state index in [0.717, 1.165) is 65.2 Å². The Kier molecular flexibility index (Phi) is 5.70. The van der Waals surface area contributed by atoms with Gasteiger partial charge in [-0.2, -0.15) is 0 Å². The van der Waals surface area contributed by atoms with E-state index < -0.39 is 0 Å². The van der Waals surface area contributed by atoms with Crippen LogP contribution in [0.1, 0.15) is 44.7 Å². The number of fused-ring (bicyclic) bond motifs is 5. The van der Waals surface area contributed by atoms with E-state index in [1.165, 1.54) is 16.9 Å². The van der Waals surface area contributed by atoms with Gasteiger partial charge in [0, 0.05) is 36.2 Å². The monoisotopic (exact) mass is 460 g/mol. The molecule has 0 unspecified atom stereocenters. The molecule has 0 bridgehead atoms. The SMILES string of the molecule is CCCCSc1nc2c(sc3nc(N4CCOCC4)c4c(c32)CC(C)(C)OC4)c(=O)[nH]1. The number of pyridine rings is 1. The number of H-pyrrole nitrogens is 1. The van der Waals surface area contributed by atoms with E-state index in [1.807, 2.05) is 0 Å². The van der Waals surface area contributed by atoms with Crippen LogP contribution in [0.3, 0.4) is 0 Å². The second kappa shape index (κ2) is 8.35. The Bertz CT molecular complexity index is 1180. The quantitative estimate of drug-likeness (QED) is 0.349. The predicted molar refractivity (Wildman–Crippen MR) is 127 cm³/mol.